The Morgan fingerprint density at radius 1 is 1.36 bits per heavy atom. The molecule has 0 bridgehead atoms. The maximum Gasteiger partial charge on any atom is 0.120 e. The normalized spacial score (nSPS) is 12.8. The van der Waals surface area contributed by atoms with Crippen molar-refractivity contribution in [3.63, 3.8) is 0 Å². The third-order valence-electron chi connectivity index (χ3n) is 1.88. The molecule has 0 fully saturated rings. The van der Waals surface area contributed by atoms with Gasteiger partial charge in [0.15, 0.2) is 0 Å². The van der Waals surface area contributed by atoms with Gasteiger partial charge in [0.2, 0.25) is 0 Å². The molecule has 0 saturated carbocycles. The van der Waals surface area contributed by atoms with Gasteiger partial charge in [0.05, 0.1) is 5.25 Å². The Balaban J connectivity index is 2.89. The molecule has 0 heterocycles. The van der Waals surface area contributed by atoms with E-state index in [0.29, 0.717) is 11.0 Å². The largest absolute Gasteiger partial charge is 0.508 e. The number of phenolic OH excluding ortho intramolecular Hbond substituents is 1. The zero-order chi connectivity index (χ0) is 10.6. The minimum atomic E-state index is 0.177. The first-order valence-electron chi connectivity index (χ1n) is 4.71. The molecule has 1 nitrogen and oxygen atoms in total. The van der Waals surface area contributed by atoms with Crippen LogP contribution in [0.5, 0.6) is 5.75 Å². The zero-order valence-electron chi connectivity index (χ0n) is 8.60. The summed E-state index contributed by atoms with van der Waals surface area (Å²) in [5, 5.41) is 10.4. The first-order valence-corrected chi connectivity index (χ1v) is 5.65. The number of aromatic hydroxyl groups is 1. The molecule has 0 aliphatic heterocycles. The maximum absolute atomic E-state index is 9.66. The Kier molecular flexibility index (Phi) is 4.08. The van der Waals surface area contributed by atoms with Gasteiger partial charge in [-0.2, -0.15) is 0 Å². The minimum absolute atomic E-state index is 0.177. The third-order valence-corrected chi connectivity index (χ3v) is 3.16. The lowest BCUT2D eigenvalue weighted by atomic mass is 10.1. The molecule has 1 rings (SSSR count). The topological polar surface area (TPSA) is 20.2 Å². The molecule has 2 heteroatoms. The van der Waals surface area contributed by atoms with Gasteiger partial charge in [0, 0.05) is 5.56 Å². The molecule has 0 radical (unpaired) electrons. The van der Waals surface area contributed by atoms with Crippen LogP contribution < -0.4 is 0 Å². The summed E-state index contributed by atoms with van der Waals surface area (Å²) in [6.07, 6.45) is 1.87. The van der Waals surface area contributed by atoms with E-state index < -0.39 is 0 Å². The lowest BCUT2D eigenvalue weighted by molar-refractivity contribution is 0.469. The van der Waals surface area contributed by atoms with E-state index in [-0.39, 0.29) is 5.25 Å². The number of thioether (sulfide) groups is 1. The Morgan fingerprint density at radius 2 is 2.00 bits per heavy atom. The van der Waals surface area contributed by atoms with Crippen LogP contribution in [0.4, 0.5) is 0 Å². The molecular formula is C12H16OS. The second kappa shape index (κ2) is 5.11. The zero-order valence-corrected chi connectivity index (χ0v) is 9.42. The maximum atomic E-state index is 9.66. The number of rotatable bonds is 4. The SMILES string of the molecule is C=CC(SC(C)C)c1ccccc1O. The fourth-order valence-electron chi connectivity index (χ4n) is 1.28. The highest BCUT2D eigenvalue weighted by Crippen LogP contribution is 2.37. The summed E-state index contributed by atoms with van der Waals surface area (Å²) in [6, 6.07) is 7.43. The van der Waals surface area contributed by atoms with Crippen LogP contribution in [0.2, 0.25) is 0 Å². The molecule has 0 amide bonds. The van der Waals surface area contributed by atoms with E-state index in [9.17, 15) is 5.11 Å². The van der Waals surface area contributed by atoms with Crippen molar-refractivity contribution in [2.24, 2.45) is 0 Å². The van der Waals surface area contributed by atoms with Gasteiger partial charge in [0.25, 0.3) is 0 Å². The average Bonchev–Trinajstić information content (AvgIpc) is 2.15. The van der Waals surface area contributed by atoms with Gasteiger partial charge in [-0.1, -0.05) is 38.1 Å². The van der Waals surface area contributed by atoms with E-state index >= 15 is 0 Å². The molecule has 14 heavy (non-hydrogen) atoms. The second-order valence-electron chi connectivity index (χ2n) is 3.40. The van der Waals surface area contributed by atoms with Gasteiger partial charge >= 0.3 is 0 Å². The van der Waals surface area contributed by atoms with Crippen LogP contribution >= 0.6 is 11.8 Å². The van der Waals surface area contributed by atoms with Crippen LogP contribution in [-0.4, -0.2) is 10.4 Å². The molecule has 1 N–H and O–H groups in total. The van der Waals surface area contributed by atoms with E-state index in [2.05, 4.69) is 20.4 Å². The van der Waals surface area contributed by atoms with Crippen LogP contribution in [-0.2, 0) is 0 Å². The fourth-order valence-corrected chi connectivity index (χ4v) is 2.32. The molecule has 0 spiro atoms. The van der Waals surface area contributed by atoms with Crippen molar-refractivity contribution in [1.29, 1.82) is 0 Å². The first-order chi connectivity index (χ1) is 6.65. The van der Waals surface area contributed by atoms with E-state index in [1.165, 1.54) is 0 Å². The number of hydrogen-bond acceptors (Lipinski definition) is 2. The molecule has 0 aliphatic carbocycles. The summed E-state index contributed by atoms with van der Waals surface area (Å²) in [4.78, 5) is 0. The Morgan fingerprint density at radius 3 is 2.50 bits per heavy atom. The molecule has 1 aromatic carbocycles. The molecule has 0 aliphatic rings. The molecule has 1 atom stereocenters. The Hall–Kier alpha value is -0.890. The van der Waals surface area contributed by atoms with Crippen LogP contribution in [0.25, 0.3) is 0 Å². The lowest BCUT2D eigenvalue weighted by Gasteiger charge is -2.16. The summed E-state index contributed by atoms with van der Waals surface area (Å²) in [5.41, 5.74) is 0.946. The van der Waals surface area contributed by atoms with Gasteiger partial charge in [-0.05, 0) is 11.3 Å². The van der Waals surface area contributed by atoms with Crippen molar-refractivity contribution >= 4 is 11.8 Å². The molecule has 0 aromatic heterocycles. The summed E-state index contributed by atoms with van der Waals surface area (Å²) < 4.78 is 0. The molecule has 76 valence electrons. The number of phenols is 1. The summed E-state index contributed by atoms with van der Waals surface area (Å²) in [6.45, 7) is 8.08. The minimum Gasteiger partial charge on any atom is -0.508 e. The summed E-state index contributed by atoms with van der Waals surface area (Å²) in [5.74, 6) is 0.352. The van der Waals surface area contributed by atoms with Crippen LogP contribution in [0.15, 0.2) is 36.9 Å². The second-order valence-corrected chi connectivity index (χ2v) is 5.12. The highest BCUT2D eigenvalue weighted by Gasteiger charge is 2.13. The van der Waals surface area contributed by atoms with E-state index in [4.69, 9.17) is 0 Å². The predicted molar refractivity (Wildman–Crippen MR) is 63.8 cm³/mol. The van der Waals surface area contributed by atoms with Crippen molar-refractivity contribution < 1.29 is 5.11 Å². The smallest absolute Gasteiger partial charge is 0.120 e. The van der Waals surface area contributed by atoms with E-state index in [0.717, 1.165) is 5.56 Å². The van der Waals surface area contributed by atoms with Crippen molar-refractivity contribution in [2.75, 3.05) is 0 Å². The van der Waals surface area contributed by atoms with Crippen molar-refractivity contribution in [2.45, 2.75) is 24.3 Å². The Bertz CT molecular complexity index is 307. The van der Waals surface area contributed by atoms with Gasteiger partial charge in [-0.3, -0.25) is 0 Å². The molecule has 1 aromatic rings. The third kappa shape index (κ3) is 2.81. The summed E-state index contributed by atoms with van der Waals surface area (Å²) in [7, 11) is 0. The highest BCUT2D eigenvalue weighted by atomic mass is 32.2. The van der Waals surface area contributed by atoms with Crippen LogP contribution in [0, 0.1) is 0 Å². The van der Waals surface area contributed by atoms with Gasteiger partial charge in [-0.25, -0.2) is 0 Å². The van der Waals surface area contributed by atoms with Crippen LogP contribution in [0.1, 0.15) is 24.7 Å². The lowest BCUT2D eigenvalue weighted by Crippen LogP contribution is -1.96. The molecule has 0 saturated heterocycles. The molecule has 1 unspecified atom stereocenters. The van der Waals surface area contributed by atoms with Gasteiger partial charge < -0.3 is 5.11 Å². The molecular weight excluding hydrogens is 192 g/mol. The van der Waals surface area contributed by atoms with Gasteiger partial charge in [-0.15, -0.1) is 18.3 Å². The van der Waals surface area contributed by atoms with Crippen molar-refractivity contribution in [1.82, 2.24) is 0 Å². The highest BCUT2D eigenvalue weighted by molar-refractivity contribution is 8.00. The Labute approximate surface area is 89.8 Å². The number of benzene rings is 1. The number of hydrogen-bond donors (Lipinski definition) is 1. The fraction of sp³-hybridized carbons (Fsp3) is 0.333. The van der Waals surface area contributed by atoms with Crippen molar-refractivity contribution in [3.05, 3.63) is 42.5 Å². The quantitative estimate of drug-likeness (QED) is 0.760. The predicted octanol–water partition coefficient (Wildman–Crippen LogP) is 3.76. The standard InChI is InChI=1S/C12H16OS/c1-4-12(14-9(2)3)10-7-5-6-8-11(10)13/h4-9,12-13H,1H2,2-3H3. The monoisotopic (exact) mass is 208 g/mol. The van der Waals surface area contributed by atoms with E-state index in [1.807, 2.05) is 24.3 Å². The van der Waals surface area contributed by atoms with Crippen molar-refractivity contribution in [3.8, 4) is 5.75 Å². The first kappa shape index (κ1) is 11.2. The van der Waals surface area contributed by atoms with E-state index in [1.54, 1.807) is 17.8 Å². The van der Waals surface area contributed by atoms with Crippen LogP contribution in [0.3, 0.4) is 0 Å². The number of para-hydroxylation sites is 1. The average molecular weight is 208 g/mol. The summed E-state index contributed by atoms with van der Waals surface area (Å²) >= 11 is 1.79. The van der Waals surface area contributed by atoms with Gasteiger partial charge in [0.1, 0.15) is 5.75 Å².